The van der Waals surface area contributed by atoms with Gasteiger partial charge >= 0.3 is 0 Å². The van der Waals surface area contributed by atoms with Crippen molar-refractivity contribution in [2.75, 3.05) is 23.3 Å². The van der Waals surface area contributed by atoms with Crippen LogP contribution >= 0.6 is 28.3 Å². The van der Waals surface area contributed by atoms with Gasteiger partial charge in [-0.05, 0) is 40.9 Å². The minimum Gasteiger partial charge on any atom is -0.368 e. The summed E-state index contributed by atoms with van der Waals surface area (Å²) in [4.78, 5) is 31.6. The average Bonchev–Trinajstić information content (AvgIpc) is 3.16. The summed E-state index contributed by atoms with van der Waals surface area (Å²) in [5, 5.41) is 3.82. The number of H-pyrrole nitrogens is 1. The molecule has 1 atom stereocenters. The van der Waals surface area contributed by atoms with E-state index in [9.17, 15) is 4.79 Å². The monoisotopic (exact) mass is 501 g/mol. The molecule has 4 heterocycles. The van der Waals surface area contributed by atoms with Crippen LogP contribution in [0.1, 0.15) is 23.3 Å². The Morgan fingerprint density at radius 1 is 1.23 bits per heavy atom. The van der Waals surface area contributed by atoms with Crippen molar-refractivity contribution in [3.8, 4) is 0 Å². The molecule has 31 heavy (non-hydrogen) atoms. The molecule has 1 amide bonds. The Hall–Kier alpha value is -2.75. The highest BCUT2D eigenvalue weighted by Gasteiger charge is 2.24. The minimum atomic E-state index is -0.324. The van der Waals surface area contributed by atoms with E-state index >= 15 is 0 Å². The maximum atomic E-state index is 12.9. The van der Waals surface area contributed by atoms with Crippen LogP contribution in [0.15, 0.2) is 47.3 Å². The number of hydrogen-bond acceptors (Lipinski definition) is 6. The lowest BCUT2D eigenvalue weighted by molar-refractivity contribution is 0.102. The van der Waals surface area contributed by atoms with Gasteiger partial charge in [-0.15, -0.1) is 12.4 Å². The van der Waals surface area contributed by atoms with Crippen molar-refractivity contribution in [2.45, 2.75) is 18.9 Å². The number of aromatic amines is 1. The molecule has 4 N–H and O–H groups in total. The number of piperidine rings is 1. The van der Waals surface area contributed by atoms with Crippen LogP contribution in [-0.4, -0.2) is 45.0 Å². The van der Waals surface area contributed by atoms with Crippen LogP contribution in [0.2, 0.25) is 0 Å². The van der Waals surface area contributed by atoms with E-state index in [1.165, 1.54) is 6.20 Å². The van der Waals surface area contributed by atoms with E-state index in [0.29, 0.717) is 16.9 Å². The van der Waals surface area contributed by atoms with Gasteiger partial charge in [0.05, 0.1) is 38.5 Å². The number of amides is 1. The molecule has 0 saturated carbocycles. The number of anilines is 2. The highest BCUT2D eigenvalue weighted by atomic mass is 79.9. The summed E-state index contributed by atoms with van der Waals surface area (Å²) < 4.78 is 0.865. The van der Waals surface area contributed by atoms with Crippen molar-refractivity contribution in [1.82, 2.24) is 19.9 Å². The van der Waals surface area contributed by atoms with E-state index in [2.05, 4.69) is 46.1 Å². The molecule has 1 aliphatic rings. The van der Waals surface area contributed by atoms with E-state index in [4.69, 9.17) is 5.73 Å². The second-order valence-corrected chi connectivity index (χ2v) is 8.28. The zero-order chi connectivity index (χ0) is 20.7. The predicted molar refractivity (Wildman–Crippen MR) is 128 cm³/mol. The zero-order valence-corrected chi connectivity index (χ0v) is 18.9. The summed E-state index contributed by atoms with van der Waals surface area (Å²) in [6.07, 6.45) is 7.06. The molecule has 1 fully saturated rings. The summed E-state index contributed by atoms with van der Waals surface area (Å²) >= 11 is 3.64. The number of para-hydroxylation sites is 2. The molecular weight excluding hydrogens is 482 g/mol. The lowest BCUT2D eigenvalue weighted by Crippen LogP contribution is -2.43. The summed E-state index contributed by atoms with van der Waals surface area (Å²) in [5.74, 6) is -0.324. The number of nitrogens with one attached hydrogen (secondary N) is 2. The maximum Gasteiger partial charge on any atom is 0.275 e. The Kier molecular flexibility index (Phi) is 6.08. The molecule has 0 bridgehead atoms. The van der Waals surface area contributed by atoms with Crippen LogP contribution < -0.4 is 16.0 Å². The Bertz CT molecular complexity index is 1260. The molecule has 160 valence electrons. The molecule has 1 saturated heterocycles. The minimum absolute atomic E-state index is 0. The van der Waals surface area contributed by atoms with Crippen molar-refractivity contribution in [3.05, 3.63) is 53.0 Å². The first-order valence-electron chi connectivity index (χ1n) is 9.79. The summed E-state index contributed by atoms with van der Waals surface area (Å²) in [7, 11) is 0. The molecule has 10 heteroatoms. The normalized spacial score (nSPS) is 16.3. The van der Waals surface area contributed by atoms with Gasteiger partial charge in [0.2, 0.25) is 0 Å². The largest absolute Gasteiger partial charge is 0.368 e. The van der Waals surface area contributed by atoms with Crippen LogP contribution in [0.5, 0.6) is 0 Å². The number of rotatable bonds is 3. The van der Waals surface area contributed by atoms with Gasteiger partial charge in [-0.25, -0.2) is 9.97 Å². The summed E-state index contributed by atoms with van der Waals surface area (Å²) in [6, 6.07) is 7.59. The second-order valence-electron chi connectivity index (χ2n) is 7.43. The number of nitrogens with zero attached hydrogens (tertiary/aromatic N) is 4. The quantitative estimate of drug-likeness (QED) is 0.392. The molecule has 3 aromatic heterocycles. The standard InChI is InChI=1S/C21H20BrN7O.ClH/c22-13-8-25-20-18(19(13)29-7-3-4-12(23)11-29)16(9-26-20)28-21(30)17-10-24-14-5-1-2-6-15(14)27-17;/h1-2,5-6,8-10,12H,3-4,7,11,23H2,(H,25,26)(H,28,30);1H. The first-order chi connectivity index (χ1) is 14.6. The smallest absolute Gasteiger partial charge is 0.275 e. The van der Waals surface area contributed by atoms with Crippen LogP contribution in [0, 0.1) is 0 Å². The Balaban J connectivity index is 0.00000231. The van der Waals surface area contributed by atoms with E-state index in [1.807, 2.05) is 24.3 Å². The zero-order valence-electron chi connectivity index (χ0n) is 16.5. The van der Waals surface area contributed by atoms with E-state index in [0.717, 1.165) is 47.0 Å². The van der Waals surface area contributed by atoms with Gasteiger partial charge < -0.3 is 20.9 Å². The predicted octanol–water partition coefficient (Wildman–Crippen LogP) is 3.87. The lowest BCUT2D eigenvalue weighted by atomic mass is 10.1. The Labute approximate surface area is 193 Å². The third kappa shape index (κ3) is 4.08. The van der Waals surface area contributed by atoms with Crippen molar-refractivity contribution >= 4 is 67.7 Å². The Morgan fingerprint density at radius 2 is 2.03 bits per heavy atom. The van der Waals surface area contributed by atoms with Crippen LogP contribution in [0.3, 0.4) is 0 Å². The van der Waals surface area contributed by atoms with Gasteiger partial charge in [0.25, 0.3) is 5.91 Å². The van der Waals surface area contributed by atoms with Crippen LogP contribution in [0.4, 0.5) is 11.4 Å². The van der Waals surface area contributed by atoms with Crippen molar-refractivity contribution in [2.24, 2.45) is 5.73 Å². The number of carbonyl (C=O) groups is 1. The fraction of sp³-hybridized carbons (Fsp3) is 0.238. The fourth-order valence-corrected chi connectivity index (χ4v) is 4.48. The number of nitrogens with two attached hydrogens (primary N) is 1. The van der Waals surface area contributed by atoms with E-state index in [1.54, 1.807) is 12.4 Å². The van der Waals surface area contributed by atoms with Gasteiger partial charge in [-0.3, -0.25) is 9.78 Å². The third-order valence-electron chi connectivity index (χ3n) is 5.33. The van der Waals surface area contributed by atoms with Crippen molar-refractivity contribution in [1.29, 1.82) is 0 Å². The molecule has 0 aliphatic carbocycles. The molecule has 8 nitrogen and oxygen atoms in total. The fourth-order valence-electron chi connectivity index (χ4n) is 3.93. The highest BCUT2D eigenvalue weighted by Crippen LogP contribution is 2.38. The number of benzene rings is 1. The van der Waals surface area contributed by atoms with Crippen molar-refractivity contribution < 1.29 is 4.79 Å². The van der Waals surface area contributed by atoms with E-state index in [-0.39, 0.29) is 30.0 Å². The van der Waals surface area contributed by atoms with Gasteiger partial charge in [-0.2, -0.15) is 0 Å². The maximum absolute atomic E-state index is 12.9. The molecule has 4 aromatic rings. The third-order valence-corrected chi connectivity index (χ3v) is 5.91. The number of halogens is 2. The van der Waals surface area contributed by atoms with Gasteiger partial charge in [0, 0.05) is 31.5 Å². The van der Waals surface area contributed by atoms with Crippen LogP contribution in [0.25, 0.3) is 22.1 Å². The highest BCUT2D eigenvalue weighted by molar-refractivity contribution is 9.10. The first kappa shape index (κ1) is 21.5. The second kappa shape index (κ2) is 8.78. The molecule has 0 radical (unpaired) electrons. The van der Waals surface area contributed by atoms with Gasteiger partial charge in [-0.1, -0.05) is 12.1 Å². The van der Waals surface area contributed by atoms with Crippen molar-refractivity contribution in [3.63, 3.8) is 0 Å². The molecule has 0 spiro atoms. The topological polar surface area (TPSA) is 113 Å². The van der Waals surface area contributed by atoms with Crippen LogP contribution in [-0.2, 0) is 0 Å². The lowest BCUT2D eigenvalue weighted by Gasteiger charge is -2.33. The average molecular weight is 503 g/mol. The number of hydrogen-bond donors (Lipinski definition) is 3. The SMILES string of the molecule is Cl.NC1CCCN(c2c(Br)cnc3[nH]cc(NC(=O)c4cnc5ccccc5n4)c23)C1. The van der Waals surface area contributed by atoms with E-state index < -0.39 is 0 Å². The molecular formula is C21H21BrClN7O. The Morgan fingerprint density at radius 3 is 2.84 bits per heavy atom. The van der Waals surface area contributed by atoms with Gasteiger partial charge in [0.1, 0.15) is 11.3 Å². The first-order valence-corrected chi connectivity index (χ1v) is 10.6. The number of pyridine rings is 1. The summed E-state index contributed by atoms with van der Waals surface area (Å²) in [5.41, 5.74) is 10.2. The number of aromatic nitrogens is 4. The molecule has 1 unspecified atom stereocenters. The van der Waals surface area contributed by atoms with Gasteiger partial charge in [0.15, 0.2) is 0 Å². The number of carbonyl (C=O) groups excluding carboxylic acids is 1. The summed E-state index contributed by atoms with van der Waals surface area (Å²) in [6.45, 7) is 1.66. The molecule has 1 aliphatic heterocycles. The molecule has 5 rings (SSSR count). The number of fused-ring (bicyclic) bond motifs is 2. The molecule has 1 aromatic carbocycles.